The maximum Gasteiger partial charge on any atom is 0.239 e. The molecule has 0 aliphatic heterocycles. The molecule has 0 spiro atoms. The molecule has 1 aliphatic rings. The Kier molecular flexibility index (Phi) is 4.11. The highest BCUT2D eigenvalue weighted by atomic mass is 16.3. The van der Waals surface area contributed by atoms with Crippen molar-refractivity contribution in [2.45, 2.75) is 39.2 Å². The van der Waals surface area contributed by atoms with E-state index in [1.807, 2.05) is 0 Å². The number of aliphatic hydroxyl groups is 1. The maximum atomic E-state index is 11.4. The van der Waals surface area contributed by atoms with Gasteiger partial charge >= 0.3 is 0 Å². The third kappa shape index (κ3) is 3.18. The Morgan fingerprint density at radius 2 is 2.20 bits per heavy atom. The predicted octanol–water partition coefficient (Wildman–Crippen LogP) is 0.248. The van der Waals surface area contributed by atoms with Crippen LogP contribution in [0.1, 0.15) is 33.1 Å². The molecule has 88 valence electrons. The summed E-state index contributed by atoms with van der Waals surface area (Å²) in [5.74, 6) is 0.452. The van der Waals surface area contributed by atoms with Crippen LogP contribution in [-0.4, -0.2) is 30.2 Å². The molecule has 4 heteroatoms. The Hall–Kier alpha value is -0.610. The minimum absolute atomic E-state index is 0.142. The van der Waals surface area contributed by atoms with Crippen LogP contribution < -0.4 is 11.1 Å². The van der Waals surface area contributed by atoms with Gasteiger partial charge in [-0.1, -0.05) is 20.3 Å². The topological polar surface area (TPSA) is 75.4 Å². The SMILES string of the molecule is CC(C)(CNC(=O)C(N)CO)C1CCC1. The summed E-state index contributed by atoms with van der Waals surface area (Å²) in [6.45, 7) is 4.68. The molecular formula is C11H22N2O2. The second kappa shape index (κ2) is 4.94. The zero-order valence-electron chi connectivity index (χ0n) is 9.62. The Morgan fingerprint density at radius 3 is 2.60 bits per heavy atom. The van der Waals surface area contributed by atoms with E-state index in [-0.39, 0.29) is 17.9 Å². The van der Waals surface area contributed by atoms with Gasteiger partial charge in [-0.15, -0.1) is 0 Å². The van der Waals surface area contributed by atoms with Crippen molar-refractivity contribution in [2.75, 3.05) is 13.2 Å². The van der Waals surface area contributed by atoms with Crippen LogP contribution in [0, 0.1) is 11.3 Å². The highest BCUT2D eigenvalue weighted by Gasteiger charge is 2.34. The van der Waals surface area contributed by atoms with Crippen molar-refractivity contribution in [3.05, 3.63) is 0 Å². The lowest BCUT2D eigenvalue weighted by Crippen LogP contribution is -2.48. The molecule has 0 aromatic heterocycles. The Bertz CT molecular complexity index is 225. The van der Waals surface area contributed by atoms with Gasteiger partial charge in [0, 0.05) is 6.54 Å². The molecule has 0 aromatic rings. The lowest BCUT2D eigenvalue weighted by Gasteiger charge is -2.40. The normalized spacial score (nSPS) is 19.5. The van der Waals surface area contributed by atoms with Crippen LogP contribution in [0.3, 0.4) is 0 Å². The molecular weight excluding hydrogens is 192 g/mol. The van der Waals surface area contributed by atoms with Gasteiger partial charge in [-0.2, -0.15) is 0 Å². The number of hydrogen-bond acceptors (Lipinski definition) is 3. The molecule has 15 heavy (non-hydrogen) atoms. The largest absolute Gasteiger partial charge is 0.394 e. The summed E-state index contributed by atoms with van der Waals surface area (Å²) in [6.07, 6.45) is 3.82. The van der Waals surface area contributed by atoms with Crippen LogP contribution in [0.5, 0.6) is 0 Å². The van der Waals surface area contributed by atoms with E-state index in [1.165, 1.54) is 19.3 Å². The van der Waals surface area contributed by atoms with Crippen molar-refractivity contribution in [1.29, 1.82) is 0 Å². The second-order valence-corrected chi connectivity index (χ2v) is 5.12. The molecule has 1 unspecified atom stereocenters. The molecule has 1 aliphatic carbocycles. The minimum Gasteiger partial charge on any atom is -0.394 e. The first-order chi connectivity index (χ1) is 6.97. The van der Waals surface area contributed by atoms with E-state index in [9.17, 15) is 4.79 Å². The van der Waals surface area contributed by atoms with Gasteiger partial charge in [0.2, 0.25) is 5.91 Å². The number of hydrogen-bond donors (Lipinski definition) is 3. The molecule has 4 N–H and O–H groups in total. The molecule has 1 fully saturated rings. The number of carbonyl (C=O) groups is 1. The molecule has 0 aromatic carbocycles. The first kappa shape index (κ1) is 12.5. The number of aliphatic hydroxyl groups excluding tert-OH is 1. The molecule has 0 saturated heterocycles. The first-order valence-electron chi connectivity index (χ1n) is 5.61. The smallest absolute Gasteiger partial charge is 0.239 e. The van der Waals surface area contributed by atoms with Crippen LogP contribution in [0.2, 0.25) is 0 Å². The molecule has 1 saturated carbocycles. The van der Waals surface area contributed by atoms with Crippen LogP contribution >= 0.6 is 0 Å². The van der Waals surface area contributed by atoms with Crippen LogP contribution in [0.15, 0.2) is 0 Å². The van der Waals surface area contributed by atoms with Gasteiger partial charge in [-0.3, -0.25) is 4.79 Å². The average molecular weight is 214 g/mol. The fraction of sp³-hybridized carbons (Fsp3) is 0.909. The van der Waals surface area contributed by atoms with Crippen molar-refractivity contribution in [1.82, 2.24) is 5.32 Å². The van der Waals surface area contributed by atoms with E-state index in [0.29, 0.717) is 12.5 Å². The number of nitrogens with one attached hydrogen (secondary N) is 1. The van der Waals surface area contributed by atoms with Gasteiger partial charge < -0.3 is 16.2 Å². The van der Waals surface area contributed by atoms with Gasteiger partial charge in [0.05, 0.1) is 6.61 Å². The summed E-state index contributed by atoms with van der Waals surface area (Å²) in [5, 5.41) is 11.5. The molecule has 0 heterocycles. The van der Waals surface area contributed by atoms with Crippen LogP contribution in [0.25, 0.3) is 0 Å². The highest BCUT2D eigenvalue weighted by Crippen LogP contribution is 2.41. The van der Waals surface area contributed by atoms with Gasteiger partial charge in [0.25, 0.3) is 0 Å². The maximum absolute atomic E-state index is 11.4. The molecule has 0 radical (unpaired) electrons. The van der Waals surface area contributed by atoms with Gasteiger partial charge in [-0.05, 0) is 24.2 Å². The van der Waals surface area contributed by atoms with Crippen LogP contribution in [0.4, 0.5) is 0 Å². The summed E-state index contributed by atoms with van der Waals surface area (Å²) >= 11 is 0. The van der Waals surface area contributed by atoms with E-state index in [2.05, 4.69) is 19.2 Å². The Balaban J connectivity index is 2.31. The van der Waals surface area contributed by atoms with E-state index in [0.717, 1.165) is 0 Å². The summed E-state index contributed by atoms with van der Waals surface area (Å²) < 4.78 is 0. The molecule has 0 bridgehead atoms. The summed E-state index contributed by atoms with van der Waals surface area (Å²) in [5.41, 5.74) is 5.55. The Morgan fingerprint density at radius 1 is 1.60 bits per heavy atom. The summed E-state index contributed by atoms with van der Waals surface area (Å²) in [7, 11) is 0. The third-order valence-electron chi connectivity index (χ3n) is 3.46. The second-order valence-electron chi connectivity index (χ2n) is 5.12. The quantitative estimate of drug-likeness (QED) is 0.614. The van der Waals surface area contributed by atoms with Gasteiger partial charge in [-0.25, -0.2) is 0 Å². The minimum atomic E-state index is -0.790. The third-order valence-corrected chi connectivity index (χ3v) is 3.46. The fourth-order valence-electron chi connectivity index (χ4n) is 1.86. The zero-order valence-corrected chi connectivity index (χ0v) is 9.62. The zero-order chi connectivity index (χ0) is 11.5. The van der Waals surface area contributed by atoms with E-state index >= 15 is 0 Å². The predicted molar refractivity (Wildman–Crippen MR) is 59.2 cm³/mol. The van der Waals surface area contributed by atoms with Gasteiger partial charge in [0.1, 0.15) is 6.04 Å². The van der Waals surface area contributed by atoms with Crippen molar-refractivity contribution in [2.24, 2.45) is 17.1 Å². The molecule has 1 amide bonds. The molecule has 1 atom stereocenters. The van der Waals surface area contributed by atoms with E-state index in [1.54, 1.807) is 0 Å². The standard InChI is InChI=1S/C11H22N2O2/c1-11(2,8-4-3-5-8)7-13-10(15)9(12)6-14/h8-9,14H,3-7,12H2,1-2H3,(H,13,15). The van der Waals surface area contributed by atoms with Crippen molar-refractivity contribution >= 4 is 5.91 Å². The van der Waals surface area contributed by atoms with Crippen molar-refractivity contribution < 1.29 is 9.90 Å². The Labute approximate surface area is 91.2 Å². The molecule has 1 rings (SSSR count). The average Bonchev–Trinajstić information content (AvgIpc) is 2.09. The van der Waals surface area contributed by atoms with Gasteiger partial charge in [0.15, 0.2) is 0 Å². The van der Waals surface area contributed by atoms with Crippen molar-refractivity contribution in [3.8, 4) is 0 Å². The molecule has 4 nitrogen and oxygen atoms in total. The fourth-order valence-corrected chi connectivity index (χ4v) is 1.86. The summed E-state index contributed by atoms with van der Waals surface area (Å²) in [4.78, 5) is 11.4. The number of rotatable bonds is 5. The van der Waals surface area contributed by atoms with E-state index in [4.69, 9.17) is 10.8 Å². The highest BCUT2D eigenvalue weighted by molar-refractivity contribution is 5.81. The summed E-state index contributed by atoms with van der Waals surface area (Å²) in [6, 6.07) is -0.790. The lowest BCUT2D eigenvalue weighted by molar-refractivity contribution is -0.123. The lowest BCUT2D eigenvalue weighted by atomic mass is 9.67. The number of nitrogens with two attached hydrogens (primary N) is 1. The van der Waals surface area contributed by atoms with Crippen LogP contribution in [-0.2, 0) is 4.79 Å². The van der Waals surface area contributed by atoms with Crippen molar-refractivity contribution in [3.63, 3.8) is 0 Å². The number of carbonyl (C=O) groups excluding carboxylic acids is 1. The monoisotopic (exact) mass is 214 g/mol. The first-order valence-corrected chi connectivity index (χ1v) is 5.61. The van der Waals surface area contributed by atoms with E-state index < -0.39 is 6.04 Å². The number of amides is 1.